The molecule has 0 saturated heterocycles. The summed E-state index contributed by atoms with van der Waals surface area (Å²) in [5.41, 5.74) is 2.01. The zero-order valence-electron chi connectivity index (χ0n) is 10.1. The van der Waals surface area contributed by atoms with Gasteiger partial charge in [-0.2, -0.15) is 0 Å². The number of ether oxygens (including phenoxy) is 1. The predicted molar refractivity (Wildman–Crippen MR) is 55.2 cm³/mol. The van der Waals surface area contributed by atoms with Crippen molar-refractivity contribution >= 4 is 11.9 Å². The number of carboxylic acids is 1. The molecule has 0 spiro atoms. The van der Waals surface area contributed by atoms with Crippen LogP contribution in [-0.4, -0.2) is 11.9 Å². The third-order valence-electron chi connectivity index (χ3n) is 2.05. The second-order valence-electron chi connectivity index (χ2n) is 3.52. The van der Waals surface area contributed by atoms with Crippen LogP contribution in [0.4, 0.5) is 0 Å². The summed E-state index contributed by atoms with van der Waals surface area (Å²) in [6.45, 7) is 2.14. The van der Waals surface area contributed by atoms with E-state index in [2.05, 4.69) is 0 Å². The number of hydrogen-bond acceptors (Lipinski definition) is 4. The first kappa shape index (κ1) is 16.2. The van der Waals surface area contributed by atoms with Gasteiger partial charge in [0, 0.05) is 5.97 Å². The van der Waals surface area contributed by atoms with Crippen LogP contribution in [0.3, 0.4) is 0 Å². The third kappa shape index (κ3) is 7.15. The molecule has 0 aromatic heterocycles. The maximum Gasteiger partial charge on any atom is 1.00 e. The van der Waals surface area contributed by atoms with E-state index in [-0.39, 0.29) is 49.0 Å². The van der Waals surface area contributed by atoms with E-state index < -0.39 is 11.9 Å². The molecule has 0 unspecified atom stereocenters. The van der Waals surface area contributed by atoms with Crippen LogP contribution in [0.15, 0.2) is 24.3 Å². The normalized spacial score (nSPS) is 9.24. The Bertz CT molecular complexity index is 373. The van der Waals surface area contributed by atoms with E-state index in [0.717, 1.165) is 11.1 Å². The van der Waals surface area contributed by atoms with Crippen LogP contribution < -0.4 is 34.7 Å². The third-order valence-corrected chi connectivity index (χ3v) is 2.05. The van der Waals surface area contributed by atoms with E-state index in [0.29, 0.717) is 0 Å². The molecule has 0 aliphatic carbocycles. The van der Waals surface area contributed by atoms with Gasteiger partial charge in [-0.3, -0.25) is 4.79 Å². The number of carboxylic acid groups (broad SMARTS) is 1. The van der Waals surface area contributed by atoms with Gasteiger partial charge in [0.2, 0.25) is 0 Å². The molecule has 0 heterocycles. The van der Waals surface area contributed by atoms with E-state index in [1.54, 1.807) is 0 Å². The van der Waals surface area contributed by atoms with Gasteiger partial charge >= 0.3 is 35.5 Å². The summed E-state index contributed by atoms with van der Waals surface area (Å²) in [5.74, 6) is -1.77. The van der Waals surface area contributed by atoms with Crippen molar-refractivity contribution in [2.75, 3.05) is 0 Å². The molecule has 0 saturated carbocycles. The molecule has 0 aliphatic heterocycles. The van der Waals surface area contributed by atoms with Crippen LogP contribution in [0.1, 0.15) is 24.0 Å². The number of esters is 1. The second kappa shape index (κ2) is 8.28. The molecular weight excluding hydrogens is 231 g/mol. The fourth-order valence-corrected chi connectivity index (χ4v) is 1.12. The van der Waals surface area contributed by atoms with Crippen molar-refractivity contribution in [3.63, 3.8) is 0 Å². The first-order valence-corrected chi connectivity index (χ1v) is 4.99. The summed E-state index contributed by atoms with van der Waals surface area (Å²) in [6, 6.07) is 7.57. The minimum atomic E-state index is -1.24. The summed E-state index contributed by atoms with van der Waals surface area (Å²) >= 11 is 0. The molecule has 0 radical (unpaired) electrons. The van der Waals surface area contributed by atoms with Crippen molar-refractivity contribution in [3.8, 4) is 0 Å². The fourth-order valence-electron chi connectivity index (χ4n) is 1.12. The zero-order chi connectivity index (χ0) is 12.0. The van der Waals surface area contributed by atoms with Crippen LogP contribution in [-0.2, 0) is 20.9 Å². The summed E-state index contributed by atoms with van der Waals surface area (Å²) < 4.78 is 4.89. The van der Waals surface area contributed by atoms with Crippen LogP contribution >= 0.6 is 0 Å². The zero-order valence-corrected chi connectivity index (χ0v) is 12.1. The smallest absolute Gasteiger partial charge is 0.550 e. The van der Waals surface area contributed by atoms with Crippen molar-refractivity contribution in [2.45, 2.75) is 26.4 Å². The summed E-state index contributed by atoms with van der Waals surface area (Å²) in [5, 5.41) is 10.1. The summed E-state index contributed by atoms with van der Waals surface area (Å²) in [4.78, 5) is 21.2. The number of carbonyl (C=O) groups is 2. The SMILES string of the molecule is Cc1ccc(COC(=O)CCC(=O)[O-])cc1.[Na+]. The van der Waals surface area contributed by atoms with Gasteiger partial charge in [0.1, 0.15) is 6.61 Å². The van der Waals surface area contributed by atoms with E-state index >= 15 is 0 Å². The number of rotatable bonds is 5. The Hall–Kier alpha value is -0.840. The molecule has 1 aromatic rings. The Morgan fingerprint density at radius 3 is 2.29 bits per heavy atom. The number of hydrogen-bond donors (Lipinski definition) is 0. The Morgan fingerprint density at radius 2 is 1.76 bits per heavy atom. The fraction of sp³-hybridized carbons (Fsp3) is 0.333. The molecule has 0 N–H and O–H groups in total. The molecule has 4 nitrogen and oxygen atoms in total. The molecule has 0 bridgehead atoms. The summed E-state index contributed by atoms with van der Waals surface area (Å²) in [7, 11) is 0. The number of benzene rings is 1. The largest absolute Gasteiger partial charge is 1.00 e. The van der Waals surface area contributed by atoms with E-state index in [1.807, 2.05) is 31.2 Å². The minimum absolute atomic E-state index is 0. The Kier molecular flexibility index (Phi) is 7.87. The molecule has 1 rings (SSSR count). The van der Waals surface area contributed by atoms with Gasteiger partial charge in [-0.15, -0.1) is 0 Å². The van der Waals surface area contributed by atoms with Gasteiger partial charge in [0.05, 0.1) is 6.42 Å². The van der Waals surface area contributed by atoms with Gasteiger partial charge in [-0.05, 0) is 18.9 Å². The first-order valence-electron chi connectivity index (χ1n) is 4.99. The number of carbonyl (C=O) groups excluding carboxylic acids is 2. The van der Waals surface area contributed by atoms with Crippen molar-refractivity contribution in [3.05, 3.63) is 35.4 Å². The number of aryl methyl sites for hydroxylation is 1. The topological polar surface area (TPSA) is 66.4 Å². The standard InChI is InChI=1S/C12H14O4.Na/c1-9-2-4-10(5-3-9)8-16-12(15)7-6-11(13)14;/h2-5H,6-8H2,1H3,(H,13,14);/q;+1/p-1. The van der Waals surface area contributed by atoms with Gasteiger partial charge in [-0.1, -0.05) is 29.8 Å². The quantitative estimate of drug-likeness (QED) is 0.427. The van der Waals surface area contributed by atoms with E-state index in [9.17, 15) is 14.7 Å². The molecular formula is C12H13NaO4. The van der Waals surface area contributed by atoms with Crippen molar-refractivity contribution in [1.29, 1.82) is 0 Å². The van der Waals surface area contributed by atoms with Crippen molar-refractivity contribution in [2.24, 2.45) is 0 Å². The Balaban J connectivity index is 0.00000256. The monoisotopic (exact) mass is 244 g/mol. The van der Waals surface area contributed by atoms with Gasteiger partial charge in [0.15, 0.2) is 0 Å². The van der Waals surface area contributed by atoms with Gasteiger partial charge < -0.3 is 14.6 Å². The maximum atomic E-state index is 11.1. The molecule has 86 valence electrons. The molecule has 0 fully saturated rings. The molecule has 0 atom stereocenters. The van der Waals surface area contributed by atoms with Crippen LogP contribution in [0, 0.1) is 6.92 Å². The Labute approximate surface area is 122 Å². The van der Waals surface area contributed by atoms with Crippen LogP contribution in [0.25, 0.3) is 0 Å². The minimum Gasteiger partial charge on any atom is -0.550 e. The first-order chi connectivity index (χ1) is 7.58. The maximum absolute atomic E-state index is 11.1. The van der Waals surface area contributed by atoms with E-state index in [1.165, 1.54) is 0 Å². The molecule has 0 aliphatic rings. The average Bonchev–Trinajstić information content (AvgIpc) is 2.25. The average molecular weight is 244 g/mol. The van der Waals surface area contributed by atoms with Crippen molar-refractivity contribution in [1.82, 2.24) is 0 Å². The molecule has 17 heavy (non-hydrogen) atoms. The number of aliphatic carboxylic acids is 1. The Morgan fingerprint density at radius 1 is 1.18 bits per heavy atom. The molecule has 5 heteroatoms. The van der Waals surface area contributed by atoms with Gasteiger partial charge in [0.25, 0.3) is 0 Å². The van der Waals surface area contributed by atoms with Crippen LogP contribution in [0.2, 0.25) is 0 Å². The van der Waals surface area contributed by atoms with Crippen molar-refractivity contribution < 1.29 is 49.0 Å². The van der Waals surface area contributed by atoms with Crippen LogP contribution in [0.5, 0.6) is 0 Å². The van der Waals surface area contributed by atoms with Gasteiger partial charge in [-0.25, -0.2) is 0 Å². The second-order valence-corrected chi connectivity index (χ2v) is 3.52. The molecule has 0 amide bonds. The predicted octanol–water partition coefficient (Wildman–Crippen LogP) is -2.43. The van der Waals surface area contributed by atoms with E-state index in [4.69, 9.17) is 4.74 Å². The molecule has 1 aromatic carbocycles. The summed E-state index contributed by atoms with van der Waals surface area (Å²) in [6.07, 6.45) is -0.444.